The molecule has 4 rings (SSSR count). The SMILES string of the molecule is Cc1nc2cc(CO)c(-c3c[nH]c4cc(F)ccc34)cc2o1. The van der Waals surface area contributed by atoms with Gasteiger partial charge in [0.2, 0.25) is 0 Å². The van der Waals surface area contributed by atoms with Crippen LogP contribution in [-0.2, 0) is 6.61 Å². The lowest BCUT2D eigenvalue weighted by Crippen LogP contribution is -1.89. The second-order valence-corrected chi connectivity index (χ2v) is 5.26. The molecule has 0 bridgehead atoms. The number of nitrogens with zero attached hydrogens (tertiary/aromatic N) is 1. The van der Waals surface area contributed by atoms with Gasteiger partial charge in [0.15, 0.2) is 11.5 Å². The van der Waals surface area contributed by atoms with Crippen LogP contribution in [0.5, 0.6) is 0 Å². The van der Waals surface area contributed by atoms with Crippen molar-refractivity contribution >= 4 is 22.0 Å². The number of aromatic amines is 1. The Bertz CT molecular complexity index is 1000. The van der Waals surface area contributed by atoms with Crippen LogP contribution >= 0.6 is 0 Å². The fourth-order valence-corrected chi connectivity index (χ4v) is 2.84. The summed E-state index contributed by atoms with van der Waals surface area (Å²) in [5.41, 5.74) is 4.61. The molecule has 0 saturated carbocycles. The molecule has 110 valence electrons. The van der Waals surface area contributed by atoms with Gasteiger partial charge in [0, 0.05) is 29.6 Å². The number of oxazole rings is 1. The number of benzene rings is 2. The van der Waals surface area contributed by atoms with E-state index in [0.717, 1.165) is 27.6 Å². The van der Waals surface area contributed by atoms with Gasteiger partial charge in [-0.05, 0) is 41.5 Å². The van der Waals surface area contributed by atoms with E-state index in [1.807, 2.05) is 18.3 Å². The van der Waals surface area contributed by atoms with Gasteiger partial charge in [0.1, 0.15) is 11.3 Å². The third-order valence-electron chi connectivity index (χ3n) is 3.82. The number of H-pyrrole nitrogens is 1. The van der Waals surface area contributed by atoms with Crippen LogP contribution in [0.25, 0.3) is 33.1 Å². The molecule has 0 radical (unpaired) electrons. The molecule has 2 aromatic heterocycles. The summed E-state index contributed by atoms with van der Waals surface area (Å²) in [6.07, 6.45) is 1.81. The molecule has 0 aliphatic carbocycles. The zero-order valence-corrected chi connectivity index (χ0v) is 11.9. The van der Waals surface area contributed by atoms with Crippen molar-refractivity contribution in [3.05, 3.63) is 53.8 Å². The van der Waals surface area contributed by atoms with E-state index in [-0.39, 0.29) is 12.4 Å². The molecule has 2 heterocycles. The number of halogens is 1. The molecular formula is C17H13FN2O2. The maximum atomic E-state index is 13.3. The molecular weight excluding hydrogens is 283 g/mol. The molecule has 4 nitrogen and oxygen atoms in total. The second kappa shape index (κ2) is 4.68. The topological polar surface area (TPSA) is 62.1 Å². The van der Waals surface area contributed by atoms with Crippen LogP contribution in [0.15, 0.2) is 40.9 Å². The van der Waals surface area contributed by atoms with Crippen molar-refractivity contribution in [1.82, 2.24) is 9.97 Å². The van der Waals surface area contributed by atoms with E-state index >= 15 is 0 Å². The summed E-state index contributed by atoms with van der Waals surface area (Å²) in [6.45, 7) is 1.68. The van der Waals surface area contributed by atoms with Crippen LogP contribution < -0.4 is 0 Å². The van der Waals surface area contributed by atoms with Crippen molar-refractivity contribution in [2.24, 2.45) is 0 Å². The molecule has 4 aromatic rings. The van der Waals surface area contributed by atoms with E-state index in [1.165, 1.54) is 12.1 Å². The summed E-state index contributed by atoms with van der Waals surface area (Å²) in [5, 5.41) is 10.6. The molecule has 0 atom stereocenters. The maximum absolute atomic E-state index is 13.3. The Labute approximate surface area is 125 Å². The minimum Gasteiger partial charge on any atom is -0.441 e. The highest BCUT2D eigenvalue weighted by molar-refractivity contribution is 5.98. The van der Waals surface area contributed by atoms with Crippen molar-refractivity contribution < 1.29 is 13.9 Å². The van der Waals surface area contributed by atoms with Crippen LogP contribution in [0.3, 0.4) is 0 Å². The molecule has 2 aromatic carbocycles. The maximum Gasteiger partial charge on any atom is 0.192 e. The van der Waals surface area contributed by atoms with Crippen molar-refractivity contribution in [3.63, 3.8) is 0 Å². The smallest absolute Gasteiger partial charge is 0.192 e. The first-order chi connectivity index (χ1) is 10.7. The van der Waals surface area contributed by atoms with Crippen molar-refractivity contribution in [1.29, 1.82) is 0 Å². The van der Waals surface area contributed by atoms with Crippen LogP contribution in [0.2, 0.25) is 0 Å². The van der Waals surface area contributed by atoms with Gasteiger partial charge < -0.3 is 14.5 Å². The number of fused-ring (bicyclic) bond motifs is 2. The highest BCUT2D eigenvalue weighted by Crippen LogP contribution is 2.34. The zero-order chi connectivity index (χ0) is 15.3. The quantitative estimate of drug-likeness (QED) is 0.589. The number of hydrogen-bond donors (Lipinski definition) is 2. The number of nitrogens with one attached hydrogen (secondary N) is 1. The summed E-state index contributed by atoms with van der Waals surface area (Å²) < 4.78 is 18.9. The van der Waals surface area contributed by atoms with Gasteiger partial charge in [0.05, 0.1) is 6.61 Å². The Kier molecular flexibility index (Phi) is 2.77. The highest BCUT2D eigenvalue weighted by Gasteiger charge is 2.14. The molecule has 0 aliphatic heterocycles. The number of aliphatic hydroxyl groups excluding tert-OH is 1. The summed E-state index contributed by atoms with van der Waals surface area (Å²) in [6, 6.07) is 8.30. The Morgan fingerprint density at radius 3 is 2.91 bits per heavy atom. The number of aliphatic hydroxyl groups is 1. The predicted octanol–water partition coefficient (Wildman–Crippen LogP) is 3.92. The van der Waals surface area contributed by atoms with Gasteiger partial charge in [-0.25, -0.2) is 9.37 Å². The van der Waals surface area contributed by atoms with Crippen LogP contribution in [0.4, 0.5) is 4.39 Å². The standard InChI is InChI=1S/C17H13FN2O2/c1-9-20-16-4-10(8-21)13(6-17(16)22-9)14-7-19-15-5-11(18)2-3-12(14)15/h2-7,19,21H,8H2,1H3. The fourth-order valence-electron chi connectivity index (χ4n) is 2.84. The first-order valence-corrected chi connectivity index (χ1v) is 6.93. The van der Waals surface area contributed by atoms with E-state index in [4.69, 9.17) is 4.42 Å². The summed E-state index contributed by atoms with van der Waals surface area (Å²) >= 11 is 0. The third-order valence-corrected chi connectivity index (χ3v) is 3.82. The molecule has 2 N–H and O–H groups in total. The summed E-state index contributed by atoms with van der Waals surface area (Å²) in [4.78, 5) is 7.35. The van der Waals surface area contributed by atoms with E-state index in [2.05, 4.69) is 9.97 Å². The Balaban J connectivity index is 2.01. The first-order valence-electron chi connectivity index (χ1n) is 6.93. The van der Waals surface area contributed by atoms with Gasteiger partial charge >= 0.3 is 0 Å². The van der Waals surface area contributed by atoms with E-state index < -0.39 is 0 Å². The minimum absolute atomic E-state index is 0.106. The number of rotatable bonds is 2. The molecule has 0 fully saturated rings. The Hall–Kier alpha value is -2.66. The van der Waals surface area contributed by atoms with Gasteiger partial charge in [-0.3, -0.25) is 0 Å². The fraction of sp³-hybridized carbons (Fsp3) is 0.118. The molecule has 0 unspecified atom stereocenters. The monoisotopic (exact) mass is 296 g/mol. The molecule has 22 heavy (non-hydrogen) atoms. The predicted molar refractivity (Wildman–Crippen MR) is 81.9 cm³/mol. The Morgan fingerprint density at radius 1 is 1.23 bits per heavy atom. The van der Waals surface area contributed by atoms with Gasteiger partial charge in [-0.2, -0.15) is 0 Å². The first kappa shape index (κ1) is 13.0. The van der Waals surface area contributed by atoms with Crippen LogP contribution in [-0.4, -0.2) is 15.1 Å². The summed E-state index contributed by atoms with van der Waals surface area (Å²) in [5.74, 6) is 0.293. The lowest BCUT2D eigenvalue weighted by molar-refractivity contribution is 0.282. The van der Waals surface area contributed by atoms with Gasteiger partial charge in [-0.1, -0.05) is 0 Å². The van der Waals surface area contributed by atoms with E-state index in [9.17, 15) is 9.50 Å². The van der Waals surface area contributed by atoms with Gasteiger partial charge in [0.25, 0.3) is 0 Å². The zero-order valence-electron chi connectivity index (χ0n) is 11.9. The minimum atomic E-state index is -0.287. The average Bonchev–Trinajstić information content (AvgIpc) is 3.06. The molecule has 5 heteroatoms. The molecule has 0 spiro atoms. The normalized spacial score (nSPS) is 11.6. The van der Waals surface area contributed by atoms with Crippen molar-refractivity contribution in [3.8, 4) is 11.1 Å². The third kappa shape index (κ3) is 1.90. The summed E-state index contributed by atoms with van der Waals surface area (Å²) in [7, 11) is 0. The highest BCUT2D eigenvalue weighted by atomic mass is 19.1. The largest absolute Gasteiger partial charge is 0.441 e. The Morgan fingerprint density at radius 2 is 2.09 bits per heavy atom. The molecule has 0 aliphatic rings. The van der Waals surface area contributed by atoms with Crippen LogP contribution in [0.1, 0.15) is 11.5 Å². The average molecular weight is 296 g/mol. The van der Waals surface area contributed by atoms with Crippen LogP contribution in [0, 0.1) is 12.7 Å². The van der Waals surface area contributed by atoms with Crippen molar-refractivity contribution in [2.45, 2.75) is 13.5 Å². The van der Waals surface area contributed by atoms with E-state index in [1.54, 1.807) is 13.0 Å². The van der Waals surface area contributed by atoms with E-state index in [0.29, 0.717) is 17.0 Å². The lowest BCUT2D eigenvalue weighted by atomic mass is 9.99. The lowest BCUT2D eigenvalue weighted by Gasteiger charge is -2.06. The molecule has 0 amide bonds. The number of aryl methyl sites for hydroxylation is 1. The van der Waals surface area contributed by atoms with Gasteiger partial charge in [-0.15, -0.1) is 0 Å². The number of hydrogen-bond acceptors (Lipinski definition) is 3. The molecule has 0 saturated heterocycles. The van der Waals surface area contributed by atoms with Crippen molar-refractivity contribution in [2.75, 3.05) is 0 Å². The number of aromatic nitrogens is 2. The second-order valence-electron chi connectivity index (χ2n) is 5.26.